The molecule has 236 valence electrons. The van der Waals surface area contributed by atoms with Gasteiger partial charge in [-0.15, -0.1) is 0 Å². The summed E-state index contributed by atoms with van der Waals surface area (Å²) in [6, 6.07) is 23.9. The van der Waals surface area contributed by atoms with Crippen LogP contribution < -0.4 is 10.8 Å². The van der Waals surface area contributed by atoms with Crippen LogP contribution in [0.3, 0.4) is 0 Å². The molecule has 0 spiro atoms. The molecule has 45 heavy (non-hydrogen) atoms. The van der Waals surface area contributed by atoms with Crippen LogP contribution in [0.1, 0.15) is 60.3 Å². The van der Waals surface area contributed by atoms with Crippen LogP contribution >= 0.6 is 11.8 Å². The van der Waals surface area contributed by atoms with Crippen LogP contribution in [0, 0.1) is 0 Å². The summed E-state index contributed by atoms with van der Waals surface area (Å²) in [4.78, 5) is 27.9. The van der Waals surface area contributed by atoms with E-state index in [9.17, 15) is 14.7 Å². The van der Waals surface area contributed by atoms with E-state index >= 15 is 0 Å². The molecule has 1 aliphatic heterocycles. The molecule has 1 aromatic heterocycles. The number of nitrogens with zero attached hydrogens (tertiary/aromatic N) is 2. The quantitative estimate of drug-likeness (QED) is 0.0899. The molecule has 10 nitrogen and oxygen atoms in total. The highest BCUT2D eigenvalue weighted by Gasteiger charge is 2.32. The van der Waals surface area contributed by atoms with E-state index < -0.39 is 12.2 Å². The second-order valence-corrected chi connectivity index (χ2v) is 11.9. The second kappa shape index (κ2) is 15.8. The number of rotatable bonds is 13. The van der Waals surface area contributed by atoms with E-state index in [1.54, 1.807) is 23.4 Å². The Kier molecular flexibility index (Phi) is 11.4. The molecule has 4 N–H and O–H groups in total. The van der Waals surface area contributed by atoms with Gasteiger partial charge in [0.1, 0.15) is 0 Å². The van der Waals surface area contributed by atoms with Gasteiger partial charge in [0.05, 0.1) is 18.8 Å². The van der Waals surface area contributed by atoms with Crippen molar-refractivity contribution in [1.29, 1.82) is 0 Å². The Balaban J connectivity index is 1.28. The van der Waals surface area contributed by atoms with Gasteiger partial charge in [-0.1, -0.05) is 84.6 Å². The van der Waals surface area contributed by atoms with Gasteiger partial charge in [0.2, 0.25) is 11.8 Å². The number of aryl methyl sites for hydroxylation is 1. The lowest BCUT2D eigenvalue weighted by molar-refractivity contribution is -0.245. The first-order chi connectivity index (χ1) is 21.9. The molecule has 0 saturated carbocycles. The molecule has 3 aromatic carbocycles. The third kappa shape index (κ3) is 8.80. The van der Waals surface area contributed by atoms with Crippen molar-refractivity contribution < 1.29 is 29.4 Å². The number of hydroxylamine groups is 1. The lowest BCUT2D eigenvalue weighted by atomic mass is 9.97. The van der Waals surface area contributed by atoms with Gasteiger partial charge < -0.3 is 24.5 Å². The molecule has 1 aliphatic rings. The fourth-order valence-electron chi connectivity index (χ4n) is 5.20. The maximum Gasteiger partial charge on any atom is 0.243 e. The smallest absolute Gasteiger partial charge is 0.243 e. The highest BCUT2D eigenvalue weighted by atomic mass is 32.2. The summed E-state index contributed by atoms with van der Waals surface area (Å²) in [6.45, 7) is 0.345. The van der Waals surface area contributed by atoms with E-state index in [1.807, 2.05) is 90.6 Å². The van der Waals surface area contributed by atoms with Crippen LogP contribution in [0.15, 0.2) is 90.3 Å². The van der Waals surface area contributed by atoms with E-state index in [0.717, 1.165) is 44.3 Å². The molecular weight excluding hydrogens is 592 g/mol. The topological polar surface area (TPSA) is 135 Å². The molecule has 4 aromatic rings. The van der Waals surface area contributed by atoms with Gasteiger partial charge in [0, 0.05) is 56.6 Å². The molecule has 0 radical (unpaired) electrons. The summed E-state index contributed by atoms with van der Waals surface area (Å²) < 4.78 is 15.0. The predicted molar refractivity (Wildman–Crippen MR) is 170 cm³/mol. The third-order valence-corrected chi connectivity index (χ3v) is 8.90. The normalized spacial score (nSPS) is 18.0. The van der Waals surface area contributed by atoms with E-state index in [4.69, 9.17) is 14.7 Å². The van der Waals surface area contributed by atoms with Crippen molar-refractivity contribution in [3.63, 3.8) is 0 Å². The van der Waals surface area contributed by atoms with Crippen molar-refractivity contribution in [2.24, 2.45) is 7.05 Å². The molecule has 3 atom stereocenters. The van der Waals surface area contributed by atoms with Gasteiger partial charge in [-0.05, 0) is 34.2 Å². The number of carbonyl (C=O) groups is 2. The molecule has 5 rings (SSSR count). The van der Waals surface area contributed by atoms with Crippen LogP contribution in [-0.4, -0.2) is 43.5 Å². The van der Waals surface area contributed by atoms with Gasteiger partial charge in [-0.2, -0.15) is 0 Å². The van der Waals surface area contributed by atoms with Crippen LogP contribution in [0.2, 0.25) is 0 Å². The first-order valence-electron chi connectivity index (χ1n) is 14.9. The summed E-state index contributed by atoms with van der Waals surface area (Å²) in [6.07, 6.45) is 4.23. The number of nitrogens with one attached hydrogen (secondary N) is 2. The Labute approximate surface area is 266 Å². The number of hydrogen-bond acceptors (Lipinski definition) is 8. The Hall–Kier alpha value is -4.00. The molecule has 1 fully saturated rings. The van der Waals surface area contributed by atoms with Crippen molar-refractivity contribution in [3.05, 3.63) is 107 Å². The monoisotopic (exact) mass is 630 g/mol. The lowest BCUT2D eigenvalue weighted by Crippen LogP contribution is -2.31. The first kappa shape index (κ1) is 32.4. The number of benzene rings is 3. The molecule has 0 bridgehead atoms. The molecule has 0 unspecified atom stereocenters. The van der Waals surface area contributed by atoms with Crippen molar-refractivity contribution in [2.45, 2.75) is 62.5 Å². The number of thioether (sulfide) groups is 1. The molecule has 1 saturated heterocycles. The maximum atomic E-state index is 12.3. The number of imidazole rings is 1. The Bertz CT molecular complexity index is 1560. The minimum atomic E-state index is -0.565. The fourth-order valence-corrected chi connectivity index (χ4v) is 6.15. The minimum Gasteiger partial charge on any atom is -0.392 e. The van der Waals surface area contributed by atoms with Gasteiger partial charge >= 0.3 is 0 Å². The fraction of sp³-hybridized carbons (Fsp3) is 0.324. The van der Waals surface area contributed by atoms with Gasteiger partial charge in [-0.25, -0.2) is 10.5 Å². The molecule has 0 aliphatic carbocycles. The first-order valence-corrected chi connectivity index (χ1v) is 15.9. The number of aliphatic hydroxyl groups is 1. The molecule has 11 heteroatoms. The van der Waals surface area contributed by atoms with Gasteiger partial charge in [0.25, 0.3) is 0 Å². The average molecular weight is 631 g/mol. The number of ether oxygens (including phenoxy) is 2. The summed E-state index contributed by atoms with van der Waals surface area (Å²) in [5, 5.41) is 21.9. The van der Waals surface area contributed by atoms with Gasteiger partial charge in [-0.3, -0.25) is 14.8 Å². The summed E-state index contributed by atoms with van der Waals surface area (Å²) >= 11 is 1.66. The Morgan fingerprint density at radius 1 is 0.978 bits per heavy atom. The van der Waals surface area contributed by atoms with E-state index in [1.165, 1.54) is 0 Å². The van der Waals surface area contributed by atoms with Crippen LogP contribution in [-0.2, 0) is 39.3 Å². The number of aromatic nitrogens is 2. The maximum absolute atomic E-state index is 12.3. The number of hydrogen-bond donors (Lipinski definition) is 4. The molecule has 2 heterocycles. The summed E-state index contributed by atoms with van der Waals surface area (Å²) in [5.74, 6) is 0.0576. The minimum absolute atomic E-state index is 0.00613. The van der Waals surface area contributed by atoms with Crippen LogP contribution in [0.5, 0.6) is 0 Å². The van der Waals surface area contributed by atoms with Gasteiger partial charge in [0.15, 0.2) is 11.4 Å². The number of carbonyl (C=O) groups excluding carboxylic acids is 2. The number of aliphatic hydroxyl groups excluding tert-OH is 1. The predicted octanol–water partition coefficient (Wildman–Crippen LogP) is 5.21. The third-order valence-electron chi connectivity index (χ3n) is 7.71. The summed E-state index contributed by atoms with van der Waals surface area (Å²) in [5.41, 5.74) is 7.34. The highest BCUT2D eigenvalue weighted by Crippen LogP contribution is 2.40. The Morgan fingerprint density at radius 2 is 1.71 bits per heavy atom. The van der Waals surface area contributed by atoms with Crippen molar-refractivity contribution >= 4 is 23.6 Å². The number of amides is 2. The zero-order valence-electron chi connectivity index (χ0n) is 25.1. The second-order valence-electron chi connectivity index (χ2n) is 10.9. The average Bonchev–Trinajstić information content (AvgIpc) is 3.50. The largest absolute Gasteiger partial charge is 0.392 e. The lowest BCUT2D eigenvalue weighted by Gasteiger charge is -2.36. The zero-order valence-corrected chi connectivity index (χ0v) is 25.9. The van der Waals surface area contributed by atoms with E-state index in [0.29, 0.717) is 19.4 Å². The summed E-state index contributed by atoms with van der Waals surface area (Å²) in [7, 11) is 1.98. The molecular formula is C34H38N4O6S. The SMILES string of the molecule is Cn1ccnc1SC[C@H]1C[C@@H](c2ccc(CO)cc2)O[C@@H](c2ccc(-c3ccccc3CNC(=O)CCCC(=O)NO)cc2)O1. The van der Waals surface area contributed by atoms with Crippen LogP contribution in [0.4, 0.5) is 0 Å². The van der Waals surface area contributed by atoms with Crippen molar-refractivity contribution in [2.75, 3.05) is 5.75 Å². The van der Waals surface area contributed by atoms with Crippen LogP contribution in [0.25, 0.3) is 11.1 Å². The Morgan fingerprint density at radius 3 is 2.42 bits per heavy atom. The highest BCUT2D eigenvalue weighted by molar-refractivity contribution is 7.99. The van der Waals surface area contributed by atoms with E-state index in [-0.39, 0.29) is 37.6 Å². The van der Waals surface area contributed by atoms with E-state index in [2.05, 4.69) is 10.3 Å². The van der Waals surface area contributed by atoms with Crippen molar-refractivity contribution in [3.8, 4) is 11.1 Å². The van der Waals surface area contributed by atoms with Crippen molar-refractivity contribution in [1.82, 2.24) is 20.3 Å². The standard InChI is InChI=1S/C34H38N4O6S/c1-38-18-17-35-34(38)45-22-28-19-30(25-11-9-23(21-39)10-12-25)44-33(43-28)26-15-13-24(14-16-26)29-6-3-2-5-27(29)20-36-31(40)7-4-8-32(41)37-42/h2-3,5-6,9-18,28,30,33,39,42H,4,7-8,19-22H2,1H3,(H,36,40)(H,37,41)/t28-,30+,33+/m1/s1. The molecule has 2 amide bonds. The zero-order chi connectivity index (χ0) is 31.6.